The van der Waals surface area contributed by atoms with Crippen LogP contribution in [0.25, 0.3) is 0 Å². The fourth-order valence-electron chi connectivity index (χ4n) is 1.72. The van der Waals surface area contributed by atoms with Crippen LogP contribution in [0.5, 0.6) is 0 Å². The molecule has 12 heavy (non-hydrogen) atoms. The predicted molar refractivity (Wildman–Crippen MR) is 48.4 cm³/mol. The summed E-state index contributed by atoms with van der Waals surface area (Å²) < 4.78 is 10.7. The van der Waals surface area contributed by atoms with E-state index in [4.69, 9.17) is 17.3 Å². The van der Waals surface area contributed by atoms with Crippen molar-refractivity contribution in [3.05, 3.63) is 0 Å². The molecule has 1 fully saturated rings. The molecule has 0 unspecified atom stereocenters. The van der Waals surface area contributed by atoms with Gasteiger partial charge < -0.3 is 14.8 Å². The van der Waals surface area contributed by atoms with Gasteiger partial charge in [-0.3, -0.25) is 0 Å². The molecule has 0 aromatic heterocycles. The van der Waals surface area contributed by atoms with E-state index in [2.05, 4.69) is 5.32 Å². The Balaban J connectivity index is 2.48. The predicted octanol–water partition coefficient (Wildman–Crippen LogP) is -0.104. The molecule has 68 valence electrons. The van der Waals surface area contributed by atoms with Crippen LogP contribution in [0.3, 0.4) is 0 Å². The van der Waals surface area contributed by atoms with Gasteiger partial charge in [-0.05, 0) is 19.9 Å². The maximum Gasteiger partial charge on any atom is 0.109 e. The molecule has 1 N–H and O–H groups in total. The Kier molecular flexibility index (Phi) is 3.56. The molecule has 1 aliphatic heterocycles. The molecule has 1 heterocycles. The van der Waals surface area contributed by atoms with Crippen molar-refractivity contribution in [3.63, 3.8) is 0 Å². The highest BCUT2D eigenvalue weighted by Gasteiger charge is 2.37. The van der Waals surface area contributed by atoms with E-state index in [1.807, 2.05) is 7.05 Å². The summed E-state index contributed by atoms with van der Waals surface area (Å²) in [6.07, 6.45) is 1.90. The van der Waals surface area contributed by atoms with Crippen molar-refractivity contribution in [3.8, 4) is 0 Å². The van der Waals surface area contributed by atoms with E-state index in [-0.39, 0.29) is 11.6 Å². The van der Waals surface area contributed by atoms with Gasteiger partial charge in [0.05, 0.1) is 6.61 Å². The first-order valence-corrected chi connectivity index (χ1v) is 4.29. The molecule has 1 rings (SSSR count). The number of rotatable bonds is 4. The van der Waals surface area contributed by atoms with Crippen LogP contribution in [-0.4, -0.2) is 46.8 Å². The highest BCUT2D eigenvalue weighted by atomic mass is 16.5. The second-order valence-electron chi connectivity index (χ2n) is 3.34. The van der Waals surface area contributed by atoms with Crippen LogP contribution < -0.4 is 5.32 Å². The van der Waals surface area contributed by atoms with Crippen LogP contribution in [0.15, 0.2) is 0 Å². The van der Waals surface area contributed by atoms with E-state index in [9.17, 15) is 0 Å². The molecule has 0 aromatic rings. The first-order chi connectivity index (χ1) is 5.72. The van der Waals surface area contributed by atoms with E-state index in [1.54, 1.807) is 7.11 Å². The molecule has 0 bridgehead atoms. The Morgan fingerprint density at radius 1 is 1.75 bits per heavy atom. The number of methoxy groups -OCH3 is 1. The van der Waals surface area contributed by atoms with Gasteiger partial charge in [-0.25, -0.2) is 0 Å². The number of ether oxygens (including phenoxy) is 2. The summed E-state index contributed by atoms with van der Waals surface area (Å²) in [5, 5.41) is 3.10. The highest BCUT2D eigenvalue weighted by Crippen LogP contribution is 2.28. The lowest BCUT2D eigenvalue weighted by molar-refractivity contribution is -0.0595. The molecule has 2 radical (unpaired) electrons. The highest BCUT2D eigenvalue weighted by molar-refractivity contribution is 6.11. The van der Waals surface area contributed by atoms with Crippen molar-refractivity contribution >= 4 is 7.85 Å². The standard InChI is InChI=1S/C8H16BNO2/c1-10-5-8(6-11-2)4-3-7(9)12-8/h7,10H,3-6H2,1-2H3/t7-,8-/m1/s1. The molecule has 4 heteroatoms. The van der Waals surface area contributed by atoms with Crippen molar-refractivity contribution in [2.45, 2.75) is 24.4 Å². The molecule has 1 saturated heterocycles. The van der Waals surface area contributed by atoms with Crippen molar-refractivity contribution < 1.29 is 9.47 Å². The van der Waals surface area contributed by atoms with E-state index in [0.29, 0.717) is 6.61 Å². The van der Waals surface area contributed by atoms with Gasteiger partial charge in [0.25, 0.3) is 0 Å². The summed E-state index contributed by atoms with van der Waals surface area (Å²) in [6.45, 7) is 1.41. The Morgan fingerprint density at radius 3 is 2.92 bits per heavy atom. The minimum absolute atomic E-state index is 0.117. The molecular weight excluding hydrogens is 153 g/mol. The fraction of sp³-hybridized carbons (Fsp3) is 1.00. The Morgan fingerprint density at radius 2 is 2.50 bits per heavy atom. The number of hydrogen-bond donors (Lipinski definition) is 1. The molecule has 0 spiro atoms. The summed E-state index contributed by atoms with van der Waals surface area (Å²) in [6, 6.07) is -0.117. The molecule has 2 atom stereocenters. The number of hydrogen-bond acceptors (Lipinski definition) is 3. The van der Waals surface area contributed by atoms with Crippen LogP contribution in [0.4, 0.5) is 0 Å². The lowest BCUT2D eigenvalue weighted by Gasteiger charge is -2.28. The van der Waals surface area contributed by atoms with E-state index >= 15 is 0 Å². The van der Waals surface area contributed by atoms with Gasteiger partial charge in [0.15, 0.2) is 0 Å². The van der Waals surface area contributed by atoms with Gasteiger partial charge in [0.1, 0.15) is 13.4 Å². The van der Waals surface area contributed by atoms with Crippen molar-refractivity contribution in [2.24, 2.45) is 0 Å². The van der Waals surface area contributed by atoms with E-state index < -0.39 is 0 Å². The third kappa shape index (κ3) is 2.22. The second kappa shape index (κ2) is 4.26. The van der Waals surface area contributed by atoms with Crippen LogP contribution in [0.2, 0.25) is 0 Å². The van der Waals surface area contributed by atoms with Gasteiger partial charge in [-0.15, -0.1) is 0 Å². The average Bonchev–Trinajstić information content (AvgIpc) is 2.34. The molecular formula is C8H16BNO2. The van der Waals surface area contributed by atoms with Crippen molar-refractivity contribution in [2.75, 3.05) is 27.3 Å². The van der Waals surface area contributed by atoms with Gasteiger partial charge in [-0.2, -0.15) is 0 Å². The molecule has 0 aliphatic carbocycles. The first-order valence-electron chi connectivity index (χ1n) is 4.29. The van der Waals surface area contributed by atoms with Crippen LogP contribution in [-0.2, 0) is 9.47 Å². The van der Waals surface area contributed by atoms with E-state index in [1.165, 1.54) is 0 Å². The zero-order valence-corrected chi connectivity index (χ0v) is 7.80. The Hall–Kier alpha value is -0.0551. The zero-order valence-electron chi connectivity index (χ0n) is 7.80. The smallest absolute Gasteiger partial charge is 0.109 e. The lowest BCUT2D eigenvalue weighted by Crippen LogP contribution is -2.43. The van der Waals surface area contributed by atoms with Gasteiger partial charge in [-0.1, -0.05) is 0 Å². The maximum atomic E-state index is 5.67. The third-order valence-electron chi connectivity index (χ3n) is 2.19. The van der Waals surface area contributed by atoms with Crippen molar-refractivity contribution in [1.29, 1.82) is 0 Å². The topological polar surface area (TPSA) is 30.5 Å². The number of likely N-dealkylation sites (N-methyl/N-ethyl adjacent to an activating group) is 1. The summed E-state index contributed by atoms with van der Waals surface area (Å²) in [4.78, 5) is 0. The van der Waals surface area contributed by atoms with E-state index in [0.717, 1.165) is 19.4 Å². The number of nitrogens with one attached hydrogen (secondary N) is 1. The third-order valence-corrected chi connectivity index (χ3v) is 2.19. The summed E-state index contributed by atoms with van der Waals surface area (Å²) in [5.74, 6) is 0. The maximum absolute atomic E-state index is 5.67. The normalized spacial score (nSPS) is 35.7. The van der Waals surface area contributed by atoms with Gasteiger partial charge in [0, 0.05) is 19.7 Å². The average molecular weight is 169 g/mol. The molecule has 3 nitrogen and oxygen atoms in total. The van der Waals surface area contributed by atoms with Crippen molar-refractivity contribution in [1.82, 2.24) is 5.32 Å². The van der Waals surface area contributed by atoms with Crippen LogP contribution >= 0.6 is 0 Å². The minimum Gasteiger partial charge on any atom is -0.382 e. The lowest BCUT2D eigenvalue weighted by atomic mass is 9.95. The molecule has 0 amide bonds. The SMILES string of the molecule is [B][C@H]1CC[C@@](CNC)(COC)O1. The Bertz CT molecular complexity index is 132. The van der Waals surface area contributed by atoms with Gasteiger partial charge in [0.2, 0.25) is 0 Å². The summed E-state index contributed by atoms with van der Waals surface area (Å²) >= 11 is 0. The second-order valence-corrected chi connectivity index (χ2v) is 3.34. The molecule has 1 aliphatic rings. The van der Waals surface area contributed by atoms with Crippen LogP contribution in [0, 0.1) is 0 Å². The Labute approximate surface area is 75.2 Å². The van der Waals surface area contributed by atoms with Gasteiger partial charge >= 0.3 is 0 Å². The quantitative estimate of drug-likeness (QED) is 0.596. The zero-order chi connectivity index (χ0) is 9.03. The first kappa shape index (κ1) is 10.0. The minimum atomic E-state index is -0.192. The largest absolute Gasteiger partial charge is 0.382 e. The van der Waals surface area contributed by atoms with Crippen LogP contribution in [0.1, 0.15) is 12.8 Å². The summed E-state index contributed by atoms with van der Waals surface area (Å²) in [5.41, 5.74) is -0.192. The molecule has 0 saturated carbocycles. The molecule has 0 aromatic carbocycles. The fourth-order valence-corrected chi connectivity index (χ4v) is 1.72. The summed E-state index contributed by atoms with van der Waals surface area (Å²) in [7, 11) is 9.26. The monoisotopic (exact) mass is 169 g/mol.